The van der Waals surface area contributed by atoms with Crippen LogP contribution in [-0.4, -0.2) is 0 Å². The Morgan fingerprint density at radius 1 is 0.346 bits per heavy atom. The smallest absolute Gasteiger partial charge is 0.136 e. The van der Waals surface area contributed by atoms with Gasteiger partial charge in [0.2, 0.25) is 0 Å². The topological polar surface area (TPSA) is 16.4 Å². The van der Waals surface area contributed by atoms with Crippen LogP contribution in [0.25, 0.3) is 76.9 Å². The minimum Gasteiger partial charge on any atom is -0.456 e. The number of benzene rings is 9. The Hall–Kier alpha value is -6.90. The van der Waals surface area contributed by atoms with Crippen molar-refractivity contribution in [3.63, 3.8) is 0 Å². The molecule has 0 saturated carbocycles. The Morgan fingerprint density at radius 2 is 0.942 bits per heavy atom. The summed E-state index contributed by atoms with van der Waals surface area (Å²) < 4.78 is 6.64. The third-order valence-corrected chi connectivity index (χ3v) is 10.2. The minimum absolute atomic E-state index is 0.869. The largest absolute Gasteiger partial charge is 0.456 e. The summed E-state index contributed by atoms with van der Waals surface area (Å²) in [6, 6.07) is 71.6. The summed E-state index contributed by atoms with van der Waals surface area (Å²) in [5.74, 6) is 0. The fourth-order valence-electron chi connectivity index (χ4n) is 7.86. The average molecular weight is 664 g/mol. The highest BCUT2D eigenvalue weighted by molar-refractivity contribution is 6.21. The molecule has 0 fully saturated rings. The van der Waals surface area contributed by atoms with E-state index in [0.29, 0.717) is 0 Å². The molecular weight excluding hydrogens is 631 g/mol. The summed E-state index contributed by atoms with van der Waals surface area (Å²) in [7, 11) is 0. The van der Waals surface area contributed by atoms with Gasteiger partial charge in [0, 0.05) is 33.3 Å². The predicted octanol–water partition coefficient (Wildman–Crippen LogP) is 14.4. The van der Waals surface area contributed by atoms with Gasteiger partial charge in [0.1, 0.15) is 11.2 Å². The van der Waals surface area contributed by atoms with Crippen LogP contribution in [0.5, 0.6) is 0 Å². The Balaban J connectivity index is 1.21. The lowest BCUT2D eigenvalue weighted by molar-refractivity contribution is 0.669. The van der Waals surface area contributed by atoms with Crippen molar-refractivity contribution < 1.29 is 4.42 Å². The number of furan rings is 1. The summed E-state index contributed by atoms with van der Waals surface area (Å²) >= 11 is 0. The van der Waals surface area contributed by atoms with Crippen molar-refractivity contribution in [1.29, 1.82) is 0 Å². The molecule has 2 heteroatoms. The molecule has 0 saturated heterocycles. The van der Waals surface area contributed by atoms with E-state index in [-0.39, 0.29) is 0 Å². The number of anilines is 3. The second-order valence-electron chi connectivity index (χ2n) is 13.3. The van der Waals surface area contributed by atoms with E-state index < -0.39 is 0 Å². The van der Waals surface area contributed by atoms with Gasteiger partial charge in [-0.2, -0.15) is 0 Å². The summed E-state index contributed by atoms with van der Waals surface area (Å²) in [6.07, 6.45) is 0. The van der Waals surface area contributed by atoms with Gasteiger partial charge >= 0.3 is 0 Å². The van der Waals surface area contributed by atoms with E-state index in [1.807, 2.05) is 0 Å². The summed E-state index contributed by atoms with van der Waals surface area (Å²) in [5, 5.41) is 7.09. The van der Waals surface area contributed by atoms with E-state index in [4.69, 9.17) is 4.42 Å². The van der Waals surface area contributed by atoms with Crippen LogP contribution in [0.4, 0.5) is 17.1 Å². The van der Waals surface area contributed by atoms with Gasteiger partial charge in [0.25, 0.3) is 0 Å². The first-order valence-electron chi connectivity index (χ1n) is 17.8. The molecule has 2 nitrogen and oxygen atoms in total. The molecule has 0 bridgehead atoms. The van der Waals surface area contributed by atoms with Crippen LogP contribution < -0.4 is 4.90 Å². The van der Waals surface area contributed by atoms with Crippen molar-refractivity contribution in [1.82, 2.24) is 0 Å². The highest BCUT2D eigenvalue weighted by Crippen LogP contribution is 2.46. The van der Waals surface area contributed by atoms with Crippen LogP contribution in [-0.2, 0) is 0 Å². The lowest BCUT2D eigenvalue weighted by Crippen LogP contribution is -2.11. The van der Waals surface area contributed by atoms with Gasteiger partial charge in [0.05, 0.1) is 5.69 Å². The van der Waals surface area contributed by atoms with Gasteiger partial charge in [-0.15, -0.1) is 0 Å². The molecule has 9 aromatic carbocycles. The highest BCUT2D eigenvalue weighted by Gasteiger charge is 2.21. The fourth-order valence-corrected chi connectivity index (χ4v) is 7.86. The predicted molar refractivity (Wildman–Crippen MR) is 220 cm³/mol. The molecule has 1 heterocycles. The molecule has 244 valence electrons. The summed E-state index contributed by atoms with van der Waals surface area (Å²) in [6.45, 7) is 0. The van der Waals surface area contributed by atoms with Crippen LogP contribution in [0.15, 0.2) is 205 Å². The zero-order valence-electron chi connectivity index (χ0n) is 28.4. The van der Waals surface area contributed by atoms with E-state index in [2.05, 4.69) is 205 Å². The first kappa shape index (κ1) is 30.0. The number of para-hydroxylation sites is 1. The molecule has 0 amide bonds. The van der Waals surface area contributed by atoms with Crippen molar-refractivity contribution in [3.05, 3.63) is 200 Å². The van der Waals surface area contributed by atoms with Gasteiger partial charge in [0.15, 0.2) is 0 Å². The second-order valence-corrected chi connectivity index (χ2v) is 13.3. The highest BCUT2D eigenvalue weighted by atomic mass is 16.3. The zero-order chi connectivity index (χ0) is 34.4. The maximum Gasteiger partial charge on any atom is 0.136 e. The van der Waals surface area contributed by atoms with Gasteiger partial charge in [-0.3, -0.25) is 0 Å². The molecule has 0 aliphatic rings. The van der Waals surface area contributed by atoms with Crippen LogP contribution in [0.1, 0.15) is 0 Å². The van der Waals surface area contributed by atoms with Crippen molar-refractivity contribution >= 4 is 60.5 Å². The first-order valence-corrected chi connectivity index (χ1v) is 17.8. The third-order valence-electron chi connectivity index (χ3n) is 10.2. The van der Waals surface area contributed by atoms with E-state index in [1.54, 1.807) is 0 Å². The van der Waals surface area contributed by atoms with E-state index in [0.717, 1.165) is 50.0 Å². The van der Waals surface area contributed by atoms with Crippen LogP contribution in [0.3, 0.4) is 0 Å². The van der Waals surface area contributed by atoms with Crippen molar-refractivity contribution in [2.45, 2.75) is 0 Å². The molecule has 10 aromatic rings. The maximum atomic E-state index is 6.64. The normalized spacial score (nSPS) is 11.5. The number of fused-ring (bicyclic) bond motifs is 5. The number of hydrogen-bond donors (Lipinski definition) is 0. The fraction of sp³-hybridized carbons (Fsp3) is 0. The van der Waals surface area contributed by atoms with Crippen molar-refractivity contribution in [3.8, 4) is 33.4 Å². The monoisotopic (exact) mass is 663 g/mol. The molecule has 0 spiro atoms. The lowest BCUT2D eigenvalue weighted by atomic mass is 9.93. The minimum atomic E-state index is 0.869. The van der Waals surface area contributed by atoms with E-state index in [9.17, 15) is 0 Å². The van der Waals surface area contributed by atoms with Crippen LogP contribution in [0.2, 0.25) is 0 Å². The molecule has 1 aromatic heterocycles. The number of rotatable bonds is 6. The Kier molecular flexibility index (Phi) is 7.18. The SMILES string of the molecule is c1ccc(-c2ccccc2N(c2ccc(-c3cccc4ccccc34)cc2)c2ccc3oc4cc5ccccc5c(-c5ccccc5)c4c3c2)cc1. The van der Waals surface area contributed by atoms with E-state index >= 15 is 0 Å². The van der Waals surface area contributed by atoms with Gasteiger partial charge in [-0.1, -0.05) is 158 Å². The van der Waals surface area contributed by atoms with Gasteiger partial charge in [-0.05, 0) is 86.3 Å². The number of hydrogen-bond acceptors (Lipinski definition) is 2. The molecular formula is C50H33NO. The van der Waals surface area contributed by atoms with Crippen LogP contribution >= 0.6 is 0 Å². The second kappa shape index (κ2) is 12.5. The quantitative estimate of drug-likeness (QED) is 0.176. The maximum absolute atomic E-state index is 6.64. The van der Waals surface area contributed by atoms with Crippen LogP contribution in [0, 0.1) is 0 Å². The standard InChI is InChI=1S/C50H33NO/c1-3-14-35(15-4-1)43-22-11-12-25-46(43)51(39-28-26-36(27-29-39)42-24-13-20-34-16-7-9-21-41(34)42)40-30-31-47-45(33-40)50-48(52-47)32-38-19-8-10-23-44(38)49(50)37-17-5-2-6-18-37/h1-33H. The molecule has 52 heavy (non-hydrogen) atoms. The Morgan fingerprint density at radius 3 is 1.75 bits per heavy atom. The summed E-state index contributed by atoms with van der Waals surface area (Å²) in [4.78, 5) is 2.39. The van der Waals surface area contributed by atoms with Crippen molar-refractivity contribution in [2.24, 2.45) is 0 Å². The van der Waals surface area contributed by atoms with Gasteiger partial charge in [-0.25, -0.2) is 0 Å². The molecule has 0 unspecified atom stereocenters. The Labute approximate surface area is 302 Å². The van der Waals surface area contributed by atoms with Gasteiger partial charge < -0.3 is 9.32 Å². The molecule has 10 rings (SSSR count). The molecule has 0 radical (unpaired) electrons. The Bertz CT molecular complexity index is 2880. The lowest BCUT2D eigenvalue weighted by Gasteiger charge is -2.28. The average Bonchev–Trinajstić information content (AvgIpc) is 3.58. The summed E-state index contributed by atoms with van der Waals surface area (Å²) in [5.41, 5.74) is 12.1. The zero-order valence-corrected chi connectivity index (χ0v) is 28.4. The number of nitrogens with zero attached hydrogens (tertiary/aromatic N) is 1. The van der Waals surface area contributed by atoms with E-state index in [1.165, 1.54) is 44.0 Å². The molecule has 0 N–H and O–H groups in total. The first-order chi connectivity index (χ1) is 25.8. The molecule has 0 aliphatic heterocycles. The third kappa shape index (κ3) is 5.04. The molecule has 0 aliphatic carbocycles. The molecule has 0 atom stereocenters. The van der Waals surface area contributed by atoms with Crippen molar-refractivity contribution in [2.75, 3.05) is 4.90 Å².